The molecular formula is C24H26N4OS. The molecule has 1 aliphatic carbocycles. The van der Waals surface area contributed by atoms with Gasteiger partial charge in [-0.25, -0.2) is 0 Å². The van der Waals surface area contributed by atoms with E-state index in [0.717, 1.165) is 17.1 Å². The van der Waals surface area contributed by atoms with Crippen molar-refractivity contribution in [3.8, 4) is 5.75 Å². The molecule has 2 fully saturated rings. The van der Waals surface area contributed by atoms with Gasteiger partial charge >= 0.3 is 0 Å². The highest BCUT2D eigenvalue weighted by Gasteiger charge is 2.43. The number of thiocarbonyl (C=S) groups is 1. The Labute approximate surface area is 182 Å². The minimum absolute atomic E-state index is 0.0122. The monoisotopic (exact) mass is 418 g/mol. The first-order chi connectivity index (χ1) is 14.6. The van der Waals surface area contributed by atoms with Crippen LogP contribution in [0.2, 0.25) is 0 Å². The largest absolute Gasteiger partial charge is 0.497 e. The zero-order chi connectivity index (χ0) is 20.8. The minimum atomic E-state index is -0.0296. The van der Waals surface area contributed by atoms with Crippen LogP contribution < -0.4 is 15.0 Å². The number of ether oxygens (including phenoxy) is 1. The Morgan fingerprint density at radius 1 is 1.10 bits per heavy atom. The second-order valence-corrected chi connectivity index (χ2v) is 8.51. The van der Waals surface area contributed by atoms with Gasteiger partial charge in [-0.05, 0) is 74.8 Å². The highest BCUT2D eigenvalue weighted by atomic mass is 32.1. The summed E-state index contributed by atoms with van der Waals surface area (Å²) in [6.07, 6.45) is 4.37. The molecule has 2 atom stereocenters. The standard InChI is InChI=1S/C24H26N4OS/c1-15-13-20(16(2)27(15)17-10-11-17)23-22(21-9-4-5-12-25-21)26-24(30)28(23)18-7-6-8-19(14-18)29-3/h4-9,12-14,17,22-23H,10-11H2,1-3H3,(H,26,30)/t22-,23+/m0/s1. The summed E-state index contributed by atoms with van der Waals surface area (Å²) >= 11 is 5.84. The molecule has 5 nitrogen and oxygen atoms in total. The summed E-state index contributed by atoms with van der Waals surface area (Å²) in [4.78, 5) is 6.88. The molecule has 0 amide bonds. The fourth-order valence-corrected chi connectivity index (χ4v) is 5.05. The number of nitrogens with one attached hydrogen (secondary N) is 1. The number of benzene rings is 1. The van der Waals surface area contributed by atoms with E-state index in [9.17, 15) is 0 Å². The number of aryl methyl sites for hydroxylation is 1. The molecule has 30 heavy (non-hydrogen) atoms. The SMILES string of the molecule is COc1cccc(N2C(=S)N[C@@H](c3ccccn3)[C@H]2c2cc(C)n(C3CC3)c2C)c1. The molecule has 6 heteroatoms. The van der Waals surface area contributed by atoms with Gasteiger partial charge in [0.25, 0.3) is 0 Å². The second-order valence-electron chi connectivity index (χ2n) is 8.13. The van der Waals surface area contributed by atoms with Crippen molar-refractivity contribution < 1.29 is 4.74 Å². The first kappa shape index (κ1) is 19.1. The van der Waals surface area contributed by atoms with Crippen molar-refractivity contribution in [2.45, 2.75) is 44.8 Å². The topological polar surface area (TPSA) is 42.3 Å². The van der Waals surface area contributed by atoms with Crippen LogP contribution in [0.25, 0.3) is 0 Å². The van der Waals surface area contributed by atoms with Crippen LogP contribution >= 0.6 is 12.2 Å². The number of nitrogens with zero attached hydrogens (tertiary/aromatic N) is 3. The summed E-state index contributed by atoms with van der Waals surface area (Å²) in [5.41, 5.74) is 5.94. The predicted molar refractivity (Wildman–Crippen MR) is 123 cm³/mol. The van der Waals surface area contributed by atoms with Crippen molar-refractivity contribution >= 4 is 23.0 Å². The van der Waals surface area contributed by atoms with Crippen LogP contribution in [0, 0.1) is 13.8 Å². The zero-order valence-corrected chi connectivity index (χ0v) is 18.3. The van der Waals surface area contributed by atoms with Crippen LogP contribution in [0.15, 0.2) is 54.7 Å². The van der Waals surface area contributed by atoms with E-state index in [1.807, 2.05) is 36.5 Å². The van der Waals surface area contributed by atoms with Gasteiger partial charge in [-0.3, -0.25) is 4.98 Å². The van der Waals surface area contributed by atoms with Crippen LogP contribution in [0.5, 0.6) is 5.75 Å². The van der Waals surface area contributed by atoms with Crippen molar-refractivity contribution in [2.75, 3.05) is 12.0 Å². The highest BCUT2D eigenvalue weighted by molar-refractivity contribution is 7.80. The lowest BCUT2D eigenvalue weighted by molar-refractivity contribution is 0.415. The smallest absolute Gasteiger partial charge is 0.174 e. The van der Waals surface area contributed by atoms with Crippen LogP contribution in [-0.2, 0) is 0 Å². The maximum Gasteiger partial charge on any atom is 0.174 e. The highest BCUT2D eigenvalue weighted by Crippen LogP contribution is 2.46. The Balaban J connectivity index is 1.66. The van der Waals surface area contributed by atoms with E-state index in [1.54, 1.807) is 7.11 Å². The van der Waals surface area contributed by atoms with E-state index in [4.69, 9.17) is 17.0 Å². The molecule has 3 heterocycles. The second kappa shape index (κ2) is 7.43. The maximum absolute atomic E-state index is 5.84. The molecule has 2 aromatic heterocycles. The van der Waals surface area contributed by atoms with E-state index in [1.165, 1.54) is 29.8 Å². The number of rotatable bonds is 5. The Kier molecular flexibility index (Phi) is 4.74. The summed E-state index contributed by atoms with van der Waals surface area (Å²) in [6, 6.07) is 17.1. The van der Waals surface area contributed by atoms with Crippen LogP contribution in [0.3, 0.4) is 0 Å². The molecule has 5 rings (SSSR count). The number of hydrogen-bond donors (Lipinski definition) is 1. The third-order valence-electron chi connectivity index (χ3n) is 6.18. The number of pyridine rings is 1. The van der Waals surface area contributed by atoms with Gasteiger partial charge in [0, 0.05) is 35.4 Å². The molecule has 0 unspecified atom stereocenters. The average Bonchev–Trinajstić information content (AvgIpc) is 3.47. The summed E-state index contributed by atoms with van der Waals surface area (Å²) in [7, 11) is 1.69. The van der Waals surface area contributed by atoms with Gasteiger partial charge in [0.1, 0.15) is 5.75 Å². The summed E-state index contributed by atoms with van der Waals surface area (Å²) < 4.78 is 7.98. The predicted octanol–water partition coefficient (Wildman–Crippen LogP) is 5.02. The summed E-state index contributed by atoms with van der Waals surface area (Å²) in [5.74, 6) is 0.818. The van der Waals surface area contributed by atoms with E-state index in [0.29, 0.717) is 11.2 Å². The zero-order valence-electron chi connectivity index (χ0n) is 17.5. The van der Waals surface area contributed by atoms with Crippen molar-refractivity contribution in [1.29, 1.82) is 0 Å². The molecule has 0 spiro atoms. The summed E-state index contributed by atoms with van der Waals surface area (Å²) in [5, 5.41) is 4.26. The molecule has 0 bridgehead atoms. The van der Waals surface area contributed by atoms with Crippen LogP contribution in [0.4, 0.5) is 5.69 Å². The molecule has 1 aromatic carbocycles. The summed E-state index contributed by atoms with van der Waals surface area (Å²) in [6.45, 7) is 4.45. The van der Waals surface area contributed by atoms with E-state index in [2.05, 4.69) is 51.8 Å². The van der Waals surface area contributed by atoms with Crippen molar-refractivity contribution in [2.24, 2.45) is 0 Å². The quantitative estimate of drug-likeness (QED) is 0.589. The Hall–Kier alpha value is -2.86. The van der Waals surface area contributed by atoms with Gasteiger partial charge in [-0.15, -0.1) is 0 Å². The van der Waals surface area contributed by atoms with Gasteiger partial charge in [-0.1, -0.05) is 12.1 Å². The molecule has 154 valence electrons. The molecule has 3 aromatic rings. The molecule has 0 radical (unpaired) electrons. The molecule has 1 aliphatic heterocycles. The Morgan fingerprint density at radius 3 is 2.63 bits per heavy atom. The number of anilines is 1. The average molecular weight is 419 g/mol. The molecular weight excluding hydrogens is 392 g/mol. The fourth-order valence-electron chi connectivity index (χ4n) is 4.71. The first-order valence-corrected chi connectivity index (χ1v) is 10.8. The van der Waals surface area contributed by atoms with Crippen molar-refractivity contribution in [1.82, 2.24) is 14.9 Å². The fraction of sp³-hybridized carbons (Fsp3) is 0.333. The van der Waals surface area contributed by atoms with Crippen molar-refractivity contribution in [3.05, 3.63) is 77.4 Å². The number of aromatic nitrogens is 2. The molecule has 2 aliphatic rings. The lowest BCUT2D eigenvalue weighted by Crippen LogP contribution is -2.29. The Bertz CT molecular complexity index is 1090. The lowest BCUT2D eigenvalue weighted by atomic mass is 9.96. The van der Waals surface area contributed by atoms with Crippen LogP contribution in [0.1, 0.15) is 53.6 Å². The molecule has 1 saturated heterocycles. The van der Waals surface area contributed by atoms with E-state index in [-0.39, 0.29) is 12.1 Å². The minimum Gasteiger partial charge on any atom is -0.497 e. The third kappa shape index (κ3) is 3.16. The third-order valence-corrected chi connectivity index (χ3v) is 6.50. The number of methoxy groups -OCH3 is 1. The van der Waals surface area contributed by atoms with Gasteiger partial charge in [0.2, 0.25) is 0 Å². The van der Waals surface area contributed by atoms with Gasteiger partial charge in [0.05, 0.1) is 24.9 Å². The Morgan fingerprint density at radius 2 is 1.93 bits per heavy atom. The van der Waals surface area contributed by atoms with Gasteiger partial charge in [0.15, 0.2) is 5.11 Å². The van der Waals surface area contributed by atoms with Gasteiger partial charge in [-0.2, -0.15) is 0 Å². The first-order valence-electron chi connectivity index (χ1n) is 10.4. The lowest BCUT2D eigenvalue weighted by Gasteiger charge is -2.28. The van der Waals surface area contributed by atoms with E-state index < -0.39 is 0 Å². The normalized spacial score (nSPS) is 21.0. The van der Waals surface area contributed by atoms with Gasteiger partial charge < -0.3 is 19.5 Å². The van der Waals surface area contributed by atoms with Crippen molar-refractivity contribution in [3.63, 3.8) is 0 Å². The number of hydrogen-bond acceptors (Lipinski definition) is 3. The maximum atomic E-state index is 5.84. The van der Waals surface area contributed by atoms with E-state index >= 15 is 0 Å². The molecule has 1 saturated carbocycles. The van der Waals surface area contributed by atoms with Crippen LogP contribution in [-0.4, -0.2) is 21.8 Å². The molecule has 1 N–H and O–H groups in total.